The van der Waals surface area contributed by atoms with Crippen LogP contribution in [0.25, 0.3) is 0 Å². The lowest BCUT2D eigenvalue weighted by Crippen LogP contribution is -2.03. The van der Waals surface area contributed by atoms with Gasteiger partial charge in [0.1, 0.15) is 0 Å². The number of benzene rings is 1. The number of rotatable bonds is 2. The summed E-state index contributed by atoms with van der Waals surface area (Å²) in [6.45, 7) is 1.74. The normalized spacial score (nSPS) is 16.7. The molecule has 5 heteroatoms. The summed E-state index contributed by atoms with van der Waals surface area (Å²) < 4.78 is 24.9. The van der Waals surface area contributed by atoms with Crippen molar-refractivity contribution in [3.63, 3.8) is 0 Å². The number of hydrogen-bond acceptors (Lipinski definition) is 4. The number of sulfone groups is 1. The van der Waals surface area contributed by atoms with Crippen LogP contribution in [0.5, 0.6) is 0 Å². The van der Waals surface area contributed by atoms with Gasteiger partial charge >= 0.3 is 0 Å². The lowest BCUT2D eigenvalue weighted by atomic mass is 10.1. The molecule has 82 valence electrons. The molecule has 1 aromatic carbocycles. The average molecular weight is 243 g/mol. The van der Waals surface area contributed by atoms with Crippen LogP contribution in [0.3, 0.4) is 0 Å². The zero-order valence-corrected chi connectivity index (χ0v) is 10.4. The van der Waals surface area contributed by atoms with Gasteiger partial charge in [-0.15, -0.1) is 0 Å². The Balaban J connectivity index is 2.39. The molecule has 3 nitrogen and oxygen atoms in total. The second-order valence-electron chi connectivity index (χ2n) is 3.68. The Labute approximate surface area is 94.5 Å². The van der Waals surface area contributed by atoms with Gasteiger partial charge in [0, 0.05) is 19.3 Å². The zero-order chi connectivity index (χ0) is 11.1. The van der Waals surface area contributed by atoms with Crippen LogP contribution < -0.4 is 0 Å². The molecule has 0 saturated heterocycles. The minimum absolute atomic E-state index is 0.421. The van der Waals surface area contributed by atoms with Crippen LogP contribution >= 0.6 is 11.9 Å². The first-order valence-corrected chi connectivity index (χ1v) is 7.69. The first-order valence-electron chi connectivity index (χ1n) is 4.61. The van der Waals surface area contributed by atoms with E-state index in [1.54, 1.807) is 24.1 Å². The molecular weight excluding hydrogens is 230 g/mol. The Kier molecular flexibility index (Phi) is 2.79. The van der Waals surface area contributed by atoms with E-state index in [2.05, 4.69) is 4.31 Å². The topological polar surface area (TPSA) is 37.4 Å². The highest BCUT2D eigenvalue weighted by molar-refractivity contribution is 7.96. The molecule has 0 saturated carbocycles. The van der Waals surface area contributed by atoms with E-state index in [1.165, 1.54) is 11.8 Å². The average Bonchev–Trinajstić information content (AvgIpc) is 2.57. The quantitative estimate of drug-likeness (QED) is 0.741. The molecule has 0 amide bonds. The lowest BCUT2D eigenvalue weighted by molar-refractivity contribution is 0.511. The Bertz CT molecular complexity index is 482. The van der Waals surface area contributed by atoms with E-state index >= 15 is 0 Å². The van der Waals surface area contributed by atoms with Gasteiger partial charge in [0.25, 0.3) is 0 Å². The first kappa shape index (κ1) is 11.0. The van der Waals surface area contributed by atoms with Crippen molar-refractivity contribution >= 4 is 21.8 Å². The molecule has 0 aromatic heterocycles. The van der Waals surface area contributed by atoms with Gasteiger partial charge in [0.05, 0.1) is 4.90 Å². The standard InChI is InChI=1S/C10H13NO2S2/c1-14-11-6-8-3-4-10(15(2,12)13)5-9(8)7-11/h3-5H,6-7H2,1-2H3. The van der Waals surface area contributed by atoms with Gasteiger partial charge in [-0.1, -0.05) is 18.0 Å². The van der Waals surface area contributed by atoms with Crippen molar-refractivity contribution in [2.75, 3.05) is 12.5 Å². The number of hydrogen-bond donors (Lipinski definition) is 0. The third-order valence-electron chi connectivity index (χ3n) is 2.56. The van der Waals surface area contributed by atoms with Crippen molar-refractivity contribution in [3.8, 4) is 0 Å². The third kappa shape index (κ3) is 2.19. The van der Waals surface area contributed by atoms with Gasteiger partial charge in [0.15, 0.2) is 9.84 Å². The monoisotopic (exact) mass is 243 g/mol. The highest BCUT2D eigenvalue weighted by Crippen LogP contribution is 2.28. The fourth-order valence-corrected chi connectivity index (χ4v) is 2.91. The SMILES string of the molecule is CSN1Cc2ccc(S(C)(=O)=O)cc2C1. The van der Waals surface area contributed by atoms with E-state index < -0.39 is 9.84 Å². The lowest BCUT2D eigenvalue weighted by Gasteiger charge is -2.07. The van der Waals surface area contributed by atoms with Crippen LogP contribution in [0.4, 0.5) is 0 Å². The predicted molar refractivity (Wildman–Crippen MR) is 62.3 cm³/mol. The summed E-state index contributed by atoms with van der Waals surface area (Å²) in [4.78, 5) is 0.421. The Morgan fingerprint density at radius 3 is 2.53 bits per heavy atom. The van der Waals surface area contributed by atoms with Crippen LogP contribution in [0.2, 0.25) is 0 Å². The van der Waals surface area contributed by atoms with Crippen molar-refractivity contribution in [2.45, 2.75) is 18.0 Å². The molecule has 0 N–H and O–H groups in total. The van der Waals surface area contributed by atoms with Crippen molar-refractivity contribution in [1.29, 1.82) is 0 Å². The summed E-state index contributed by atoms with van der Waals surface area (Å²) >= 11 is 1.69. The van der Waals surface area contributed by atoms with Crippen molar-refractivity contribution < 1.29 is 8.42 Å². The largest absolute Gasteiger partial charge is 0.242 e. The van der Waals surface area contributed by atoms with E-state index in [1.807, 2.05) is 12.3 Å². The highest BCUT2D eigenvalue weighted by atomic mass is 32.2. The summed E-state index contributed by atoms with van der Waals surface area (Å²) in [5.74, 6) is 0. The molecule has 1 aliphatic rings. The van der Waals surface area contributed by atoms with Crippen molar-refractivity contribution in [2.24, 2.45) is 0 Å². The molecule has 0 aliphatic carbocycles. The molecule has 1 aliphatic heterocycles. The minimum atomic E-state index is -3.07. The van der Waals surface area contributed by atoms with Crippen LogP contribution in [-0.4, -0.2) is 25.2 Å². The minimum Gasteiger partial charge on any atom is -0.242 e. The van der Waals surface area contributed by atoms with Crippen molar-refractivity contribution in [3.05, 3.63) is 29.3 Å². The summed E-state index contributed by atoms with van der Waals surface area (Å²) in [6.07, 6.45) is 3.28. The Morgan fingerprint density at radius 1 is 1.27 bits per heavy atom. The summed E-state index contributed by atoms with van der Waals surface area (Å²) in [5, 5.41) is 0. The number of nitrogens with zero attached hydrogens (tertiary/aromatic N) is 1. The van der Waals surface area contributed by atoms with E-state index in [0.717, 1.165) is 18.7 Å². The van der Waals surface area contributed by atoms with Gasteiger partial charge in [-0.05, 0) is 29.5 Å². The summed E-state index contributed by atoms with van der Waals surface area (Å²) in [5.41, 5.74) is 2.36. The van der Waals surface area contributed by atoms with Gasteiger partial charge < -0.3 is 0 Å². The van der Waals surface area contributed by atoms with E-state index in [9.17, 15) is 8.42 Å². The second kappa shape index (κ2) is 3.81. The second-order valence-corrected chi connectivity index (χ2v) is 6.58. The first-order chi connectivity index (χ1) is 7.00. The van der Waals surface area contributed by atoms with Gasteiger partial charge in [-0.25, -0.2) is 12.7 Å². The van der Waals surface area contributed by atoms with Gasteiger partial charge in [-0.3, -0.25) is 0 Å². The van der Waals surface area contributed by atoms with E-state index in [0.29, 0.717) is 4.90 Å². The molecule has 0 fully saturated rings. The third-order valence-corrected chi connectivity index (χ3v) is 4.44. The molecular formula is C10H13NO2S2. The highest BCUT2D eigenvalue weighted by Gasteiger charge is 2.19. The molecule has 1 aromatic rings. The fourth-order valence-electron chi connectivity index (χ4n) is 1.70. The smallest absolute Gasteiger partial charge is 0.175 e. The van der Waals surface area contributed by atoms with Crippen LogP contribution in [0, 0.1) is 0 Å². The zero-order valence-electron chi connectivity index (χ0n) is 8.73. The predicted octanol–water partition coefficient (Wildman–Crippen LogP) is 1.68. The summed E-state index contributed by atoms with van der Waals surface area (Å²) in [6, 6.07) is 5.40. The maximum Gasteiger partial charge on any atom is 0.175 e. The Morgan fingerprint density at radius 2 is 1.93 bits per heavy atom. The van der Waals surface area contributed by atoms with E-state index in [-0.39, 0.29) is 0 Å². The number of fused-ring (bicyclic) bond motifs is 1. The van der Waals surface area contributed by atoms with Crippen molar-refractivity contribution in [1.82, 2.24) is 4.31 Å². The van der Waals surface area contributed by atoms with E-state index in [4.69, 9.17) is 0 Å². The van der Waals surface area contributed by atoms with Crippen LogP contribution in [0.15, 0.2) is 23.1 Å². The van der Waals surface area contributed by atoms with Gasteiger partial charge in [-0.2, -0.15) is 0 Å². The molecule has 0 unspecified atom stereocenters. The van der Waals surface area contributed by atoms with Crippen LogP contribution in [-0.2, 0) is 22.9 Å². The summed E-state index contributed by atoms with van der Waals surface area (Å²) in [7, 11) is -3.07. The van der Waals surface area contributed by atoms with Gasteiger partial charge in [0.2, 0.25) is 0 Å². The molecule has 15 heavy (non-hydrogen) atoms. The molecule has 0 spiro atoms. The fraction of sp³-hybridized carbons (Fsp3) is 0.400. The molecule has 0 radical (unpaired) electrons. The molecule has 0 atom stereocenters. The maximum atomic E-state index is 11.4. The maximum absolute atomic E-state index is 11.4. The van der Waals surface area contributed by atoms with Crippen LogP contribution in [0.1, 0.15) is 11.1 Å². The molecule has 2 rings (SSSR count). The molecule has 1 heterocycles. The molecule has 0 bridgehead atoms. The Hall–Kier alpha value is -0.520.